The van der Waals surface area contributed by atoms with Crippen LogP contribution in [-0.2, 0) is 9.53 Å². The van der Waals surface area contributed by atoms with Crippen LogP contribution in [0.1, 0.15) is 48.9 Å². The lowest BCUT2D eigenvalue weighted by molar-refractivity contribution is -0.123. The van der Waals surface area contributed by atoms with Crippen molar-refractivity contribution in [3.05, 3.63) is 41.8 Å². The maximum Gasteiger partial charge on any atom is 0.361 e. The molecule has 1 fully saturated rings. The molecule has 1 heterocycles. The summed E-state index contributed by atoms with van der Waals surface area (Å²) in [5, 5.41) is 5.00. The fourth-order valence-electron chi connectivity index (χ4n) is 3.39. The molecule has 2 aromatic rings. The number of aromatic nitrogens is 1. The number of carbonyl (C=O) groups is 3. The van der Waals surface area contributed by atoms with E-state index in [2.05, 4.69) is 22.5 Å². The van der Waals surface area contributed by atoms with Gasteiger partial charge in [-0.25, -0.2) is 14.6 Å². The van der Waals surface area contributed by atoms with Crippen molar-refractivity contribution >= 4 is 17.9 Å². The number of ether oxygens (including phenoxy) is 1. The summed E-state index contributed by atoms with van der Waals surface area (Å²) in [7, 11) is 0. The van der Waals surface area contributed by atoms with Crippen molar-refractivity contribution in [2.45, 2.75) is 45.6 Å². The van der Waals surface area contributed by atoms with Gasteiger partial charge in [-0.2, -0.15) is 0 Å². The predicted octanol–water partition coefficient (Wildman–Crippen LogP) is 3.21. The van der Waals surface area contributed by atoms with Crippen LogP contribution in [0.2, 0.25) is 0 Å². The average molecular weight is 399 g/mol. The van der Waals surface area contributed by atoms with Crippen molar-refractivity contribution in [1.82, 2.24) is 15.6 Å². The largest absolute Gasteiger partial charge is 0.451 e. The third kappa shape index (κ3) is 5.43. The SMILES string of the molecule is Cc1oc(-c2ccccc2)nc1C(=O)OCC(=O)NC(=O)N[C@H]1CCCC[C@@H]1C. The molecule has 1 aliphatic rings. The molecule has 3 rings (SSSR count). The van der Waals surface area contributed by atoms with Gasteiger partial charge in [-0.3, -0.25) is 10.1 Å². The molecule has 0 bridgehead atoms. The van der Waals surface area contributed by atoms with Crippen LogP contribution in [0, 0.1) is 12.8 Å². The van der Waals surface area contributed by atoms with Gasteiger partial charge in [-0.15, -0.1) is 0 Å². The van der Waals surface area contributed by atoms with E-state index in [4.69, 9.17) is 9.15 Å². The highest BCUT2D eigenvalue weighted by Gasteiger charge is 2.24. The van der Waals surface area contributed by atoms with Gasteiger partial charge in [0.05, 0.1) is 0 Å². The Labute approximate surface area is 169 Å². The fraction of sp³-hybridized carbons (Fsp3) is 0.429. The van der Waals surface area contributed by atoms with Gasteiger partial charge in [0.15, 0.2) is 12.3 Å². The monoisotopic (exact) mass is 399 g/mol. The third-order valence-corrected chi connectivity index (χ3v) is 5.03. The predicted molar refractivity (Wildman–Crippen MR) is 105 cm³/mol. The van der Waals surface area contributed by atoms with Gasteiger partial charge in [0.25, 0.3) is 5.91 Å². The molecule has 1 aromatic heterocycles. The summed E-state index contributed by atoms with van der Waals surface area (Å²) >= 11 is 0. The van der Waals surface area contributed by atoms with Crippen LogP contribution < -0.4 is 10.6 Å². The molecule has 0 saturated heterocycles. The Bertz CT molecular complexity index is 878. The first-order chi connectivity index (χ1) is 13.9. The highest BCUT2D eigenvalue weighted by Crippen LogP contribution is 2.23. The average Bonchev–Trinajstić information content (AvgIpc) is 3.10. The Kier molecular flexibility index (Phi) is 6.64. The second-order valence-electron chi connectivity index (χ2n) is 7.26. The standard InChI is InChI=1S/C21H25N3O5/c1-13-8-6-7-11-16(13)22-21(27)23-17(25)12-28-20(26)18-14(2)29-19(24-18)15-9-4-3-5-10-15/h3-5,9-10,13,16H,6-8,11-12H2,1-2H3,(H2,22,23,25,27)/t13-,16-/m0/s1. The molecule has 0 unspecified atom stereocenters. The molecule has 29 heavy (non-hydrogen) atoms. The van der Waals surface area contributed by atoms with E-state index in [0.717, 1.165) is 31.2 Å². The van der Waals surface area contributed by atoms with Crippen molar-refractivity contribution in [3.63, 3.8) is 0 Å². The van der Waals surface area contributed by atoms with Crippen molar-refractivity contribution < 1.29 is 23.5 Å². The van der Waals surface area contributed by atoms with Gasteiger partial charge in [0, 0.05) is 11.6 Å². The van der Waals surface area contributed by atoms with E-state index in [1.165, 1.54) is 0 Å². The number of hydrogen-bond acceptors (Lipinski definition) is 6. The summed E-state index contributed by atoms with van der Waals surface area (Å²) in [4.78, 5) is 40.3. The number of urea groups is 1. The highest BCUT2D eigenvalue weighted by molar-refractivity contribution is 5.97. The van der Waals surface area contributed by atoms with Crippen molar-refractivity contribution in [3.8, 4) is 11.5 Å². The number of rotatable bonds is 5. The maximum atomic E-state index is 12.2. The number of aryl methyl sites for hydroxylation is 1. The molecule has 3 amide bonds. The van der Waals surface area contributed by atoms with Crippen LogP contribution in [0.5, 0.6) is 0 Å². The van der Waals surface area contributed by atoms with E-state index in [0.29, 0.717) is 17.6 Å². The van der Waals surface area contributed by atoms with Crippen LogP contribution in [-0.4, -0.2) is 35.5 Å². The number of oxazole rings is 1. The van der Waals surface area contributed by atoms with Crippen molar-refractivity contribution in [2.75, 3.05) is 6.61 Å². The molecule has 2 N–H and O–H groups in total. The number of carbonyl (C=O) groups excluding carboxylic acids is 3. The van der Waals surface area contributed by atoms with Crippen molar-refractivity contribution in [2.24, 2.45) is 5.92 Å². The van der Waals surface area contributed by atoms with E-state index >= 15 is 0 Å². The molecule has 8 heteroatoms. The normalized spacial score (nSPS) is 18.7. The lowest BCUT2D eigenvalue weighted by Crippen LogP contribution is -2.48. The lowest BCUT2D eigenvalue weighted by Gasteiger charge is -2.29. The van der Waals surface area contributed by atoms with Gasteiger partial charge in [-0.05, 0) is 37.8 Å². The molecule has 0 radical (unpaired) electrons. The van der Waals surface area contributed by atoms with E-state index < -0.39 is 24.5 Å². The minimum Gasteiger partial charge on any atom is -0.451 e. The molecule has 2 atom stereocenters. The number of benzene rings is 1. The summed E-state index contributed by atoms with van der Waals surface area (Å²) in [6.45, 7) is 3.09. The first-order valence-corrected chi connectivity index (χ1v) is 9.74. The summed E-state index contributed by atoms with van der Waals surface area (Å²) in [5.74, 6) is -0.538. The lowest BCUT2D eigenvalue weighted by atomic mass is 9.86. The van der Waals surface area contributed by atoms with Crippen LogP contribution in [0.3, 0.4) is 0 Å². The van der Waals surface area contributed by atoms with Gasteiger partial charge >= 0.3 is 12.0 Å². The number of nitrogens with one attached hydrogen (secondary N) is 2. The van der Waals surface area contributed by atoms with E-state index in [1.54, 1.807) is 19.1 Å². The van der Waals surface area contributed by atoms with Crippen LogP contribution in [0.15, 0.2) is 34.7 Å². The Morgan fingerprint density at radius 3 is 2.62 bits per heavy atom. The zero-order valence-corrected chi connectivity index (χ0v) is 16.6. The van der Waals surface area contributed by atoms with Crippen LogP contribution in [0.4, 0.5) is 4.79 Å². The fourth-order valence-corrected chi connectivity index (χ4v) is 3.39. The molecular weight excluding hydrogens is 374 g/mol. The second kappa shape index (κ2) is 9.36. The molecule has 8 nitrogen and oxygen atoms in total. The number of amides is 3. The van der Waals surface area contributed by atoms with Crippen molar-refractivity contribution in [1.29, 1.82) is 0 Å². The number of nitrogens with zero attached hydrogens (tertiary/aromatic N) is 1. The second-order valence-corrected chi connectivity index (χ2v) is 7.26. The zero-order valence-electron chi connectivity index (χ0n) is 16.6. The molecule has 1 saturated carbocycles. The Morgan fingerprint density at radius 1 is 1.17 bits per heavy atom. The van der Waals surface area contributed by atoms with Crippen LogP contribution >= 0.6 is 0 Å². The first-order valence-electron chi connectivity index (χ1n) is 9.74. The zero-order chi connectivity index (χ0) is 20.8. The third-order valence-electron chi connectivity index (χ3n) is 5.03. The Balaban J connectivity index is 1.49. The summed E-state index contributed by atoms with van der Waals surface area (Å²) in [6.07, 6.45) is 4.16. The van der Waals surface area contributed by atoms with E-state index in [-0.39, 0.29) is 11.7 Å². The molecule has 1 aliphatic carbocycles. The number of imide groups is 1. The number of esters is 1. The Morgan fingerprint density at radius 2 is 1.90 bits per heavy atom. The smallest absolute Gasteiger partial charge is 0.361 e. The van der Waals surface area contributed by atoms with Gasteiger partial charge in [-0.1, -0.05) is 38.0 Å². The number of hydrogen-bond donors (Lipinski definition) is 2. The Hall–Kier alpha value is -3.16. The quantitative estimate of drug-likeness (QED) is 0.747. The maximum absolute atomic E-state index is 12.2. The highest BCUT2D eigenvalue weighted by atomic mass is 16.5. The minimum absolute atomic E-state index is 0.00265. The molecular formula is C21H25N3O5. The molecule has 154 valence electrons. The van der Waals surface area contributed by atoms with Crippen LogP contribution in [0.25, 0.3) is 11.5 Å². The molecule has 0 spiro atoms. The van der Waals surface area contributed by atoms with E-state index in [9.17, 15) is 14.4 Å². The summed E-state index contributed by atoms with van der Waals surface area (Å²) in [6, 6.07) is 8.60. The van der Waals surface area contributed by atoms with Gasteiger partial charge < -0.3 is 14.5 Å². The first kappa shape index (κ1) is 20.6. The molecule has 0 aliphatic heterocycles. The summed E-state index contributed by atoms with van der Waals surface area (Å²) < 4.78 is 10.5. The van der Waals surface area contributed by atoms with E-state index in [1.807, 2.05) is 18.2 Å². The van der Waals surface area contributed by atoms with Gasteiger partial charge in [0.1, 0.15) is 5.76 Å². The molecule has 1 aromatic carbocycles. The minimum atomic E-state index is -0.787. The van der Waals surface area contributed by atoms with Gasteiger partial charge in [0.2, 0.25) is 5.89 Å². The summed E-state index contributed by atoms with van der Waals surface area (Å²) in [5.41, 5.74) is 0.721. The topological polar surface area (TPSA) is 111 Å².